The topological polar surface area (TPSA) is 64.9 Å². The van der Waals surface area contributed by atoms with Crippen molar-refractivity contribution in [2.45, 2.75) is 19.9 Å². The van der Waals surface area contributed by atoms with E-state index in [9.17, 15) is 0 Å². The zero-order valence-electron chi connectivity index (χ0n) is 8.60. The van der Waals surface area contributed by atoms with E-state index in [2.05, 4.69) is 29.3 Å². The van der Waals surface area contributed by atoms with Crippen LogP contribution >= 0.6 is 0 Å². The van der Waals surface area contributed by atoms with E-state index in [1.54, 1.807) is 0 Å². The fraction of sp³-hybridized carbons (Fsp3) is 0.273. The van der Waals surface area contributed by atoms with Gasteiger partial charge in [-0.3, -0.25) is 0 Å². The largest absolute Gasteiger partial charge is 0.424 e. The molecule has 0 fully saturated rings. The smallest absolute Gasteiger partial charge is 0.230 e. The number of nitrogens with zero attached hydrogens (tertiary/aromatic N) is 2. The molecule has 0 saturated carbocycles. The first-order valence-corrected chi connectivity index (χ1v) is 4.85. The average molecular weight is 203 g/mol. The molecule has 1 aromatic carbocycles. The van der Waals surface area contributed by atoms with Gasteiger partial charge < -0.3 is 10.2 Å². The van der Waals surface area contributed by atoms with Gasteiger partial charge >= 0.3 is 0 Å². The molecule has 0 amide bonds. The molecule has 0 bridgehead atoms. The zero-order valence-corrected chi connectivity index (χ0v) is 8.60. The number of aromatic nitrogens is 2. The summed E-state index contributed by atoms with van der Waals surface area (Å²) >= 11 is 0. The van der Waals surface area contributed by atoms with Crippen molar-refractivity contribution in [3.8, 4) is 0 Å². The van der Waals surface area contributed by atoms with Crippen LogP contribution in [-0.4, -0.2) is 10.2 Å². The van der Waals surface area contributed by atoms with E-state index < -0.39 is 0 Å². The molecule has 0 atom stereocenters. The minimum Gasteiger partial charge on any atom is -0.424 e. The zero-order chi connectivity index (χ0) is 10.7. The first kappa shape index (κ1) is 9.86. The molecule has 0 aliphatic rings. The maximum atomic E-state index is 5.39. The van der Waals surface area contributed by atoms with E-state index in [4.69, 9.17) is 10.2 Å². The second-order valence-corrected chi connectivity index (χ2v) is 3.40. The third kappa shape index (κ3) is 2.22. The Balaban J connectivity index is 2.18. The van der Waals surface area contributed by atoms with Crippen molar-refractivity contribution in [1.82, 2.24) is 10.2 Å². The first-order chi connectivity index (χ1) is 7.29. The van der Waals surface area contributed by atoms with Gasteiger partial charge in [-0.05, 0) is 18.1 Å². The van der Waals surface area contributed by atoms with Gasteiger partial charge in [0.25, 0.3) is 0 Å². The van der Waals surface area contributed by atoms with Crippen molar-refractivity contribution in [3.05, 3.63) is 47.2 Å². The molecule has 1 heterocycles. The molecule has 15 heavy (non-hydrogen) atoms. The van der Waals surface area contributed by atoms with Gasteiger partial charge in [0, 0.05) is 0 Å². The summed E-state index contributed by atoms with van der Waals surface area (Å²) in [6, 6.07) is 8.14. The van der Waals surface area contributed by atoms with E-state index in [1.165, 1.54) is 11.1 Å². The Kier molecular flexibility index (Phi) is 2.78. The quantitative estimate of drug-likeness (QED) is 0.819. The minimum atomic E-state index is 0.292. The fourth-order valence-electron chi connectivity index (χ4n) is 1.41. The van der Waals surface area contributed by atoms with E-state index in [0.29, 0.717) is 24.7 Å². The number of rotatable bonds is 3. The van der Waals surface area contributed by atoms with Crippen molar-refractivity contribution in [3.63, 3.8) is 0 Å². The number of hydrogen-bond donors (Lipinski definition) is 1. The number of nitrogens with two attached hydrogens (primary N) is 1. The van der Waals surface area contributed by atoms with Crippen LogP contribution in [0.1, 0.15) is 22.9 Å². The average Bonchev–Trinajstić information content (AvgIpc) is 2.69. The Morgan fingerprint density at radius 2 is 1.93 bits per heavy atom. The summed E-state index contributed by atoms with van der Waals surface area (Å²) in [6.45, 7) is 2.36. The molecule has 2 rings (SSSR count). The molecule has 2 N–H and O–H groups in total. The van der Waals surface area contributed by atoms with Crippen LogP contribution in [0.4, 0.5) is 0 Å². The van der Waals surface area contributed by atoms with Gasteiger partial charge in [-0.15, -0.1) is 10.2 Å². The fourth-order valence-corrected chi connectivity index (χ4v) is 1.41. The maximum absolute atomic E-state index is 5.39. The molecule has 0 aliphatic heterocycles. The third-order valence-corrected chi connectivity index (χ3v) is 2.29. The van der Waals surface area contributed by atoms with Gasteiger partial charge in [-0.2, -0.15) is 0 Å². The Bertz CT molecular complexity index is 451. The molecular weight excluding hydrogens is 190 g/mol. The summed E-state index contributed by atoms with van der Waals surface area (Å²) in [4.78, 5) is 0. The summed E-state index contributed by atoms with van der Waals surface area (Å²) in [7, 11) is 0. The summed E-state index contributed by atoms with van der Waals surface area (Å²) in [5.41, 5.74) is 7.82. The molecule has 0 saturated heterocycles. The Labute approximate surface area is 88.1 Å². The van der Waals surface area contributed by atoms with Crippen LogP contribution in [0.5, 0.6) is 0 Å². The van der Waals surface area contributed by atoms with Crippen LogP contribution in [-0.2, 0) is 13.0 Å². The van der Waals surface area contributed by atoms with Gasteiger partial charge in [-0.1, -0.05) is 24.3 Å². The predicted octanol–water partition coefficient (Wildman–Crippen LogP) is 1.43. The SMILES string of the molecule is Cc1ccccc1Cc1nnc(CN)o1. The lowest BCUT2D eigenvalue weighted by Crippen LogP contribution is -1.95. The Hall–Kier alpha value is -1.68. The van der Waals surface area contributed by atoms with Gasteiger partial charge in [0.1, 0.15) is 0 Å². The van der Waals surface area contributed by atoms with Crippen LogP contribution in [0.2, 0.25) is 0 Å². The van der Waals surface area contributed by atoms with Crippen LogP contribution in [0.25, 0.3) is 0 Å². The normalized spacial score (nSPS) is 10.5. The molecule has 4 nitrogen and oxygen atoms in total. The van der Waals surface area contributed by atoms with Crippen LogP contribution in [0.15, 0.2) is 28.7 Å². The predicted molar refractivity (Wildman–Crippen MR) is 56.2 cm³/mol. The molecule has 0 unspecified atom stereocenters. The third-order valence-electron chi connectivity index (χ3n) is 2.29. The summed E-state index contributed by atoms with van der Waals surface area (Å²) in [6.07, 6.45) is 0.666. The summed E-state index contributed by atoms with van der Waals surface area (Å²) in [5.74, 6) is 1.10. The molecule has 0 spiro atoms. The van der Waals surface area contributed by atoms with E-state index in [-0.39, 0.29) is 0 Å². The van der Waals surface area contributed by atoms with Crippen LogP contribution < -0.4 is 5.73 Å². The van der Waals surface area contributed by atoms with Crippen molar-refractivity contribution in [2.75, 3.05) is 0 Å². The Morgan fingerprint density at radius 3 is 2.60 bits per heavy atom. The molecule has 0 radical (unpaired) electrons. The van der Waals surface area contributed by atoms with Crippen LogP contribution in [0, 0.1) is 6.92 Å². The maximum Gasteiger partial charge on any atom is 0.230 e. The van der Waals surface area contributed by atoms with Crippen molar-refractivity contribution in [2.24, 2.45) is 5.73 Å². The monoisotopic (exact) mass is 203 g/mol. The van der Waals surface area contributed by atoms with Crippen LogP contribution in [0.3, 0.4) is 0 Å². The van der Waals surface area contributed by atoms with Crippen molar-refractivity contribution < 1.29 is 4.42 Å². The molecule has 1 aromatic heterocycles. The highest BCUT2D eigenvalue weighted by Gasteiger charge is 2.06. The van der Waals surface area contributed by atoms with E-state index in [1.807, 2.05) is 12.1 Å². The summed E-state index contributed by atoms with van der Waals surface area (Å²) in [5, 5.41) is 7.75. The van der Waals surface area contributed by atoms with Gasteiger partial charge in [0.05, 0.1) is 13.0 Å². The molecule has 78 valence electrons. The lowest BCUT2D eigenvalue weighted by Gasteiger charge is -2.00. The second kappa shape index (κ2) is 4.23. The first-order valence-electron chi connectivity index (χ1n) is 4.85. The van der Waals surface area contributed by atoms with Crippen molar-refractivity contribution in [1.29, 1.82) is 0 Å². The van der Waals surface area contributed by atoms with Gasteiger partial charge in [0.15, 0.2) is 0 Å². The highest BCUT2D eigenvalue weighted by Crippen LogP contribution is 2.12. The highest BCUT2D eigenvalue weighted by atomic mass is 16.4. The number of hydrogen-bond acceptors (Lipinski definition) is 4. The molecular formula is C11H13N3O. The lowest BCUT2D eigenvalue weighted by molar-refractivity contribution is 0.459. The minimum absolute atomic E-state index is 0.292. The second-order valence-electron chi connectivity index (χ2n) is 3.40. The number of aryl methyl sites for hydroxylation is 1. The van der Waals surface area contributed by atoms with Gasteiger partial charge in [0.2, 0.25) is 11.8 Å². The lowest BCUT2D eigenvalue weighted by atomic mass is 10.1. The summed E-state index contributed by atoms with van der Waals surface area (Å²) < 4.78 is 5.34. The molecule has 4 heteroatoms. The standard InChI is InChI=1S/C11H13N3O/c1-8-4-2-3-5-9(8)6-10-13-14-11(7-12)15-10/h2-5H,6-7,12H2,1H3. The number of benzene rings is 1. The molecule has 0 aliphatic carbocycles. The molecule has 2 aromatic rings. The highest BCUT2D eigenvalue weighted by molar-refractivity contribution is 5.27. The Morgan fingerprint density at radius 1 is 1.20 bits per heavy atom. The van der Waals surface area contributed by atoms with E-state index in [0.717, 1.165) is 0 Å². The van der Waals surface area contributed by atoms with Gasteiger partial charge in [-0.25, -0.2) is 0 Å². The van der Waals surface area contributed by atoms with E-state index >= 15 is 0 Å². The van der Waals surface area contributed by atoms with Crippen molar-refractivity contribution >= 4 is 0 Å².